The predicted octanol–water partition coefficient (Wildman–Crippen LogP) is 0.931. The Bertz CT molecular complexity index is 556. The van der Waals surface area contributed by atoms with Gasteiger partial charge < -0.3 is 10.0 Å². The van der Waals surface area contributed by atoms with E-state index in [0.717, 1.165) is 30.6 Å². The van der Waals surface area contributed by atoms with Crippen molar-refractivity contribution in [2.24, 2.45) is 0 Å². The second kappa shape index (κ2) is 4.35. The lowest BCUT2D eigenvalue weighted by Gasteiger charge is -2.21. The summed E-state index contributed by atoms with van der Waals surface area (Å²) in [5.41, 5.74) is 2.48. The molecule has 1 unspecified atom stereocenters. The third-order valence-corrected chi connectivity index (χ3v) is 4.04. The number of hydrogen-bond donors (Lipinski definition) is 1. The highest BCUT2D eigenvalue weighted by atomic mass is 16.4. The van der Waals surface area contributed by atoms with Crippen molar-refractivity contribution in [3.05, 3.63) is 34.9 Å². The molecule has 1 aromatic carbocycles. The molecule has 1 saturated heterocycles. The molecule has 0 saturated carbocycles. The number of carbonyl (C=O) groups is 2. The van der Waals surface area contributed by atoms with Gasteiger partial charge >= 0.3 is 5.97 Å². The number of likely N-dealkylation sites (N-methyl/N-ethyl adjacent to an activating group) is 1. The minimum atomic E-state index is -0.905. The fourth-order valence-electron chi connectivity index (χ4n) is 2.92. The van der Waals surface area contributed by atoms with Gasteiger partial charge in [-0.3, -0.25) is 9.69 Å². The highest BCUT2D eigenvalue weighted by Gasteiger charge is 2.36. The van der Waals surface area contributed by atoms with E-state index in [9.17, 15) is 9.59 Å². The summed E-state index contributed by atoms with van der Waals surface area (Å²) in [5, 5.41) is 9.00. The zero-order valence-corrected chi connectivity index (χ0v) is 10.8. The van der Waals surface area contributed by atoms with Gasteiger partial charge in [-0.05, 0) is 29.7 Å². The lowest BCUT2D eigenvalue weighted by Crippen LogP contribution is -2.37. The molecule has 2 heterocycles. The van der Waals surface area contributed by atoms with E-state index < -0.39 is 5.97 Å². The average molecular weight is 260 g/mol. The largest absolute Gasteiger partial charge is 0.478 e. The molecule has 0 radical (unpaired) electrons. The van der Waals surface area contributed by atoms with Gasteiger partial charge in [-0.15, -0.1) is 0 Å². The number of nitrogens with zero attached hydrogens (tertiary/aromatic N) is 2. The van der Waals surface area contributed by atoms with Crippen LogP contribution in [0.1, 0.15) is 27.9 Å². The van der Waals surface area contributed by atoms with Crippen molar-refractivity contribution in [2.45, 2.75) is 25.6 Å². The van der Waals surface area contributed by atoms with Crippen LogP contribution in [0.25, 0.3) is 0 Å². The van der Waals surface area contributed by atoms with Crippen molar-refractivity contribution in [2.75, 3.05) is 13.6 Å². The SMILES string of the molecule is CN1CCC(N2Cc3ccc(C(=O)O)cc3C2)C1=O. The molecule has 2 aliphatic heterocycles. The van der Waals surface area contributed by atoms with Gasteiger partial charge in [0, 0.05) is 26.7 Å². The van der Waals surface area contributed by atoms with Gasteiger partial charge in [0.05, 0.1) is 11.6 Å². The monoisotopic (exact) mass is 260 g/mol. The van der Waals surface area contributed by atoms with E-state index in [0.29, 0.717) is 12.1 Å². The maximum atomic E-state index is 12.0. The zero-order chi connectivity index (χ0) is 13.6. The Morgan fingerprint density at radius 3 is 2.68 bits per heavy atom. The van der Waals surface area contributed by atoms with E-state index in [2.05, 4.69) is 4.90 Å². The van der Waals surface area contributed by atoms with Crippen molar-refractivity contribution < 1.29 is 14.7 Å². The molecular weight excluding hydrogens is 244 g/mol. The van der Waals surface area contributed by atoms with Crippen LogP contribution in [0.2, 0.25) is 0 Å². The van der Waals surface area contributed by atoms with Crippen molar-refractivity contribution in [3.63, 3.8) is 0 Å². The van der Waals surface area contributed by atoms with Crippen LogP contribution in [0.3, 0.4) is 0 Å². The van der Waals surface area contributed by atoms with E-state index in [4.69, 9.17) is 5.11 Å². The topological polar surface area (TPSA) is 60.9 Å². The van der Waals surface area contributed by atoms with Gasteiger partial charge in [-0.1, -0.05) is 6.07 Å². The second-order valence-electron chi connectivity index (χ2n) is 5.26. The minimum absolute atomic E-state index is 0.0503. The third-order valence-electron chi connectivity index (χ3n) is 4.04. The smallest absolute Gasteiger partial charge is 0.335 e. The van der Waals surface area contributed by atoms with E-state index in [1.807, 2.05) is 13.1 Å². The summed E-state index contributed by atoms with van der Waals surface area (Å²) in [5.74, 6) is -0.732. The molecule has 3 rings (SSSR count). The first-order chi connectivity index (χ1) is 9.06. The summed E-state index contributed by atoms with van der Waals surface area (Å²) >= 11 is 0. The molecule has 5 nitrogen and oxygen atoms in total. The molecule has 1 atom stereocenters. The van der Waals surface area contributed by atoms with Crippen LogP contribution in [-0.2, 0) is 17.9 Å². The summed E-state index contributed by atoms with van der Waals surface area (Å²) in [7, 11) is 1.83. The lowest BCUT2D eigenvalue weighted by molar-refractivity contribution is -0.131. The van der Waals surface area contributed by atoms with Crippen LogP contribution < -0.4 is 0 Å². The Morgan fingerprint density at radius 1 is 1.32 bits per heavy atom. The minimum Gasteiger partial charge on any atom is -0.478 e. The Kier molecular flexibility index (Phi) is 2.78. The highest BCUT2D eigenvalue weighted by Crippen LogP contribution is 2.29. The van der Waals surface area contributed by atoms with Gasteiger partial charge in [0.25, 0.3) is 0 Å². The molecule has 0 spiro atoms. The van der Waals surface area contributed by atoms with E-state index in [-0.39, 0.29) is 11.9 Å². The fraction of sp³-hybridized carbons (Fsp3) is 0.429. The molecule has 1 N–H and O–H groups in total. The average Bonchev–Trinajstić information content (AvgIpc) is 2.93. The van der Waals surface area contributed by atoms with Gasteiger partial charge in [-0.2, -0.15) is 0 Å². The number of carbonyl (C=O) groups excluding carboxylic acids is 1. The Hall–Kier alpha value is -1.88. The molecule has 1 aromatic rings. The molecule has 100 valence electrons. The van der Waals surface area contributed by atoms with Gasteiger partial charge in [-0.25, -0.2) is 4.79 Å². The standard InChI is InChI=1S/C14H16N2O3/c1-15-5-4-12(13(15)17)16-7-10-3-2-9(14(18)19)6-11(10)8-16/h2-3,6,12H,4-5,7-8H2,1H3,(H,18,19). The molecule has 0 aliphatic carbocycles. The second-order valence-corrected chi connectivity index (χ2v) is 5.26. The number of aromatic carboxylic acids is 1. The van der Waals surface area contributed by atoms with E-state index in [1.165, 1.54) is 0 Å². The zero-order valence-electron chi connectivity index (χ0n) is 10.8. The summed E-state index contributed by atoms with van der Waals surface area (Å²) in [6.45, 7) is 2.21. The van der Waals surface area contributed by atoms with Crippen LogP contribution in [0.5, 0.6) is 0 Å². The predicted molar refractivity (Wildman–Crippen MR) is 68.7 cm³/mol. The Balaban J connectivity index is 1.81. The van der Waals surface area contributed by atoms with Crippen molar-refractivity contribution in [1.82, 2.24) is 9.80 Å². The van der Waals surface area contributed by atoms with Crippen molar-refractivity contribution in [1.29, 1.82) is 0 Å². The Morgan fingerprint density at radius 2 is 2.05 bits per heavy atom. The maximum Gasteiger partial charge on any atom is 0.335 e. The van der Waals surface area contributed by atoms with Crippen LogP contribution in [-0.4, -0.2) is 46.4 Å². The number of hydrogen-bond acceptors (Lipinski definition) is 3. The summed E-state index contributed by atoms with van der Waals surface area (Å²) in [6, 6.07) is 5.17. The Labute approximate surface area is 111 Å². The first-order valence-corrected chi connectivity index (χ1v) is 6.40. The lowest BCUT2D eigenvalue weighted by atomic mass is 10.1. The molecule has 2 aliphatic rings. The van der Waals surface area contributed by atoms with Crippen LogP contribution in [0.4, 0.5) is 0 Å². The van der Waals surface area contributed by atoms with Gasteiger partial charge in [0.1, 0.15) is 0 Å². The summed E-state index contributed by atoms with van der Waals surface area (Å²) < 4.78 is 0. The number of amides is 1. The van der Waals surface area contributed by atoms with Crippen LogP contribution in [0, 0.1) is 0 Å². The van der Waals surface area contributed by atoms with Crippen molar-refractivity contribution in [3.8, 4) is 0 Å². The quantitative estimate of drug-likeness (QED) is 0.859. The summed E-state index contributed by atoms with van der Waals surface area (Å²) in [4.78, 5) is 26.9. The molecule has 19 heavy (non-hydrogen) atoms. The number of rotatable bonds is 2. The first-order valence-electron chi connectivity index (χ1n) is 6.40. The summed E-state index contributed by atoms with van der Waals surface area (Å²) in [6.07, 6.45) is 0.856. The van der Waals surface area contributed by atoms with Crippen LogP contribution in [0.15, 0.2) is 18.2 Å². The number of fused-ring (bicyclic) bond motifs is 1. The molecule has 0 aromatic heterocycles. The van der Waals surface area contributed by atoms with Gasteiger partial charge in [0.2, 0.25) is 5.91 Å². The van der Waals surface area contributed by atoms with Crippen LogP contribution >= 0.6 is 0 Å². The first kappa shape index (κ1) is 12.2. The molecule has 1 fully saturated rings. The fourth-order valence-corrected chi connectivity index (χ4v) is 2.92. The van der Waals surface area contributed by atoms with E-state index in [1.54, 1.807) is 17.0 Å². The molecule has 1 amide bonds. The normalized spacial score (nSPS) is 22.9. The van der Waals surface area contributed by atoms with E-state index >= 15 is 0 Å². The number of likely N-dealkylation sites (tertiary alicyclic amines) is 1. The number of carboxylic acids is 1. The molecular formula is C14H16N2O3. The highest BCUT2D eigenvalue weighted by molar-refractivity contribution is 5.88. The van der Waals surface area contributed by atoms with Gasteiger partial charge in [0.15, 0.2) is 0 Å². The van der Waals surface area contributed by atoms with Crippen molar-refractivity contribution >= 4 is 11.9 Å². The third kappa shape index (κ3) is 2.00. The molecule has 5 heteroatoms. The molecule has 0 bridgehead atoms. The maximum absolute atomic E-state index is 12.0. The number of benzene rings is 1. The number of carboxylic acid groups (broad SMARTS) is 1.